The summed E-state index contributed by atoms with van der Waals surface area (Å²) in [5.41, 5.74) is 0. The van der Waals surface area contributed by atoms with E-state index in [-0.39, 0.29) is 0 Å². The van der Waals surface area contributed by atoms with Gasteiger partial charge in [-0.3, -0.25) is 4.99 Å². The van der Waals surface area contributed by atoms with Gasteiger partial charge in [-0.15, -0.1) is 0 Å². The van der Waals surface area contributed by atoms with Crippen LogP contribution in [0.4, 0.5) is 0 Å². The van der Waals surface area contributed by atoms with Gasteiger partial charge in [0.25, 0.3) is 0 Å². The summed E-state index contributed by atoms with van der Waals surface area (Å²) < 4.78 is 24.1. The predicted molar refractivity (Wildman–Crippen MR) is 125 cm³/mol. The van der Waals surface area contributed by atoms with Gasteiger partial charge < -0.3 is 17.7 Å². The van der Waals surface area contributed by atoms with E-state index in [0.717, 1.165) is 70.0 Å². The van der Waals surface area contributed by atoms with Crippen molar-refractivity contribution in [3.8, 4) is 0 Å². The molecule has 0 bridgehead atoms. The Hall–Kier alpha value is -0.0562. The Morgan fingerprint density at radius 2 is 1.07 bits per heavy atom. The molecule has 0 atom stereocenters. The van der Waals surface area contributed by atoms with Gasteiger partial charge in [-0.25, -0.2) is 0 Å². The predicted octanol–water partition coefficient (Wildman–Crippen LogP) is 6.08. The summed E-state index contributed by atoms with van der Waals surface area (Å²) in [6.07, 6.45) is 7.88. The van der Waals surface area contributed by atoms with E-state index in [1.165, 1.54) is 19.3 Å². The summed E-state index contributed by atoms with van der Waals surface area (Å²) in [6.45, 7) is 16.6. The van der Waals surface area contributed by atoms with Gasteiger partial charge in [-0.1, -0.05) is 33.1 Å². The van der Waals surface area contributed by atoms with E-state index in [2.05, 4.69) is 52.7 Å². The SMILES string of the molecule is CCO[Si](CC)(CCC=NCCCCCC[Si](CC)(OCC)OCC)OCC. The van der Waals surface area contributed by atoms with Crippen LogP contribution in [0.2, 0.25) is 24.2 Å². The average Bonchev–Trinajstić information content (AvgIpc) is 2.69. The van der Waals surface area contributed by atoms with Crippen molar-refractivity contribution in [1.29, 1.82) is 0 Å². The molecule has 0 amide bonds. The standard InChI is InChI=1S/C21H47NO4Si2/c1-7-23-27(11-5,24-8-2)20-16-14-13-15-18-22-19-17-21-28(12-6,25-9-3)26-10-4/h19H,7-18,20-21H2,1-6H3. The largest absolute Gasteiger partial charge is 0.394 e. The quantitative estimate of drug-likeness (QED) is 0.133. The minimum atomic E-state index is -2.00. The van der Waals surface area contributed by atoms with Crippen molar-refractivity contribution < 1.29 is 17.7 Å². The number of hydrogen-bond acceptors (Lipinski definition) is 5. The minimum Gasteiger partial charge on any atom is -0.394 e. The zero-order chi connectivity index (χ0) is 21.1. The fourth-order valence-electron chi connectivity index (χ4n) is 3.60. The maximum Gasteiger partial charge on any atom is 0.338 e. The third-order valence-corrected chi connectivity index (χ3v) is 12.7. The number of aliphatic imine (C=N–C) groups is 1. The first-order valence-corrected chi connectivity index (χ1v) is 16.1. The van der Waals surface area contributed by atoms with Crippen LogP contribution in [0.1, 0.15) is 73.6 Å². The molecule has 168 valence electrons. The van der Waals surface area contributed by atoms with Crippen molar-refractivity contribution in [3.05, 3.63) is 0 Å². The molecule has 0 aliphatic rings. The van der Waals surface area contributed by atoms with E-state index < -0.39 is 17.1 Å². The first-order valence-electron chi connectivity index (χ1n) is 11.6. The fourth-order valence-corrected chi connectivity index (χ4v) is 9.33. The second-order valence-corrected chi connectivity index (χ2v) is 14.3. The second-order valence-electron chi connectivity index (χ2n) is 7.05. The highest BCUT2D eigenvalue weighted by atomic mass is 28.4. The normalized spacial score (nSPS) is 12.9. The molecule has 0 unspecified atom stereocenters. The third kappa shape index (κ3) is 11.8. The van der Waals surface area contributed by atoms with Crippen LogP contribution in [0, 0.1) is 0 Å². The van der Waals surface area contributed by atoms with E-state index in [0.29, 0.717) is 0 Å². The van der Waals surface area contributed by atoms with Gasteiger partial charge in [0.2, 0.25) is 0 Å². The van der Waals surface area contributed by atoms with Crippen LogP contribution in [0.15, 0.2) is 4.99 Å². The molecule has 0 aromatic heterocycles. The smallest absolute Gasteiger partial charge is 0.338 e. The Kier molecular flexibility index (Phi) is 17.7. The first kappa shape index (κ1) is 27.9. The molecular weight excluding hydrogens is 386 g/mol. The van der Waals surface area contributed by atoms with Gasteiger partial charge in [0.15, 0.2) is 0 Å². The van der Waals surface area contributed by atoms with Gasteiger partial charge in [0.05, 0.1) is 0 Å². The molecule has 0 N–H and O–H groups in total. The zero-order valence-corrected chi connectivity index (χ0v) is 21.6. The van der Waals surface area contributed by atoms with Crippen molar-refractivity contribution in [2.45, 2.75) is 97.8 Å². The van der Waals surface area contributed by atoms with Crippen molar-refractivity contribution >= 4 is 23.3 Å². The van der Waals surface area contributed by atoms with E-state index >= 15 is 0 Å². The van der Waals surface area contributed by atoms with Crippen LogP contribution in [0.3, 0.4) is 0 Å². The lowest BCUT2D eigenvalue weighted by Crippen LogP contribution is -2.41. The number of nitrogens with zero attached hydrogens (tertiary/aromatic N) is 1. The van der Waals surface area contributed by atoms with Crippen molar-refractivity contribution in [2.24, 2.45) is 4.99 Å². The van der Waals surface area contributed by atoms with Gasteiger partial charge in [-0.2, -0.15) is 0 Å². The molecule has 5 nitrogen and oxygen atoms in total. The molecule has 28 heavy (non-hydrogen) atoms. The van der Waals surface area contributed by atoms with Crippen LogP contribution in [0.25, 0.3) is 0 Å². The Morgan fingerprint density at radius 1 is 0.607 bits per heavy atom. The van der Waals surface area contributed by atoms with Gasteiger partial charge in [0.1, 0.15) is 0 Å². The lowest BCUT2D eigenvalue weighted by atomic mass is 10.2. The molecule has 0 aliphatic carbocycles. The maximum atomic E-state index is 6.04. The van der Waals surface area contributed by atoms with E-state index in [1.807, 2.05) is 0 Å². The highest BCUT2D eigenvalue weighted by Gasteiger charge is 2.34. The van der Waals surface area contributed by atoms with E-state index in [1.54, 1.807) is 0 Å². The number of rotatable bonds is 20. The molecule has 0 aromatic carbocycles. The zero-order valence-electron chi connectivity index (χ0n) is 19.6. The molecule has 0 fully saturated rings. The third-order valence-electron chi connectivity index (χ3n) is 5.09. The molecular formula is C21H47NO4Si2. The van der Waals surface area contributed by atoms with Crippen LogP contribution in [0.5, 0.6) is 0 Å². The molecule has 0 rings (SSSR count). The Labute approximate surface area is 177 Å². The molecule has 0 saturated carbocycles. The molecule has 0 heterocycles. The number of unbranched alkanes of at least 4 members (excludes halogenated alkanes) is 3. The minimum absolute atomic E-state index is 0.742. The fraction of sp³-hybridized carbons (Fsp3) is 0.952. The first-order chi connectivity index (χ1) is 13.6. The molecule has 0 spiro atoms. The lowest BCUT2D eigenvalue weighted by molar-refractivity contribution is 0.182. The van der Waals surface area contributed by atoms with Crippen LogP contribution in [-0.4, -0.2) is 56.3 Å². The monoisotopic (exact) mass is 433 g/mol. The van der Waals surface area contributed by atoms with Crippen LogP contribution in [-0.2, 0) is 17.7 Å². The molecule has 0 saturated heterocycles. The molecule has 7 heteroatoms. The summed E-state index contributed by atoms with van der Waals surface area (Å²) in [6, 6.07) is 4.18. The van der Waals surface area contributed by atoms with Crippen molar-refractivity contribution in [1.82, 2.24) is 0 Å². The highest BCUT2D eigenvalue weighted by molar-refractivity contribution is 6.67. The van der Waals surface area contributed by atoms with Crippen LogP contribution >= 0.6 is 0 Å². The Bertz CT molecular complexity index is 371. The topological polar surface area (TPSA) is 49.3 Å². The van der Waals surface area contributed by atoms with Crippen LogP contribution < -0.4 is 0 Å². The lowest BCUT2D eigenvalue weighted by Gasteiger charge is -2.28. The highest BCUT2D eigenvalue weighted by Crippen LogP contribution is 2.23. The average molecular weight is 434 g/mol. The summed E-state index contributed by atoms with van der Waals surface area (Å²) >= 11 is 0. The van der Waals surface area contributed by atoms with Crippen molar-refractivity contribution in [3.63, 3.8) is 0 Å². The van der Waals surface area contributed by atoms with E-state index in [4.69, 9.17) is 17.7 Å². The molecule has 0 radical (unpaired) electrons. The van der Waals surface area contributed by atoms with Gasteiger partial charge >= 0.3 is 17.1 Å². The molecule has 0 aliphatic heterocycles. The maximum absolute atomic E-state index is 6.04. The van der Waals surface area contributed by atoms with E-state index in [9.17, 15) is 0 Å². The van der Waals surface area contributed by atoms with Gasteiger partial charge in [-0.05, 0) is 70.9 Å². The van der Waals surface area contributed by atoms with Crippen molar-refractivity contribution in [2.75, 3.05) is 33.0 Å². The molecule has 0 aromatic rings. The Balaban J connectivity index is 3.98. The number of hydrogen-bond donors (Lipinski definition) is 0. The Morgan fingerprint density at radius 3 is 1.54 bits per heavy atom. The second kappa shape index (κ2) is 17.8. The summed E-state index contributed by atoms with van der Waals surface area (Å²) in [5.74, 6) is 0. The summed E-state index contributed by atoms with van der Waals surface area (Å²) in [4.78, 5) is 4.60. The summed E-state index contributed by atoms with van der Waals surface area (Å²) in [5, 5.41) is 0. The van der Waals surface area contributed by atoms with Gasteiger partial charge in [0, 0.05) is 33.0 Å². The summed E-state index contributed by atoms with van der Waals surface area (Å²) in [7, 11) is -3.94.